The number of nitrogens with one attached hydrogen (secondary N) is 1. The number of rotatable bonds is 9. The van der Waals surface area contributed by atoms with Crippen LogP contribution in [0.1, 0.15) is 17.3 Å². The number of halogens is 1. The molecule has 2 aromatic carbocycles. The first kappa shape index (κ1) is 21.0. The Labute approximate surface area is 177 Å². The monoisotopic (exact) mass is 433 g/mol. The van der Waals surface area contributed by atoms with Crippen molar-refractivity contribution in [1.82, 2.24) is 15.2 Å². The molecule has 9 heteroatoms. The average molecular weight is 434 g/mol. The smallest absolute Gasteiger partial charge is 0.209 e. The first-order valence-corrected chi connectivity index (χ1v) is 10.1. The van der Waals surface area contributed by atoms with Crippen LogP contribution in [0.4, 0.5) is 0 Å². The summed E-state index contributed by atoms with van der Waals surface area (Å²) in [6, 6.07) is 10.4. The van der Waals surface area contributed by atoms with Gasteiger partial charge in [-0.2, -0.15) is 0 Å². The van der Waals surface area contributed by atoms with Crippen LogP contribution in [-0.4, -0.2) is 47.5 Å². The Morgan fingerprint density at radius 3 is 2.38 bits per heavy atom. The van der Waals surface area contributed by atoms with Crippen molar-refractivity contribution in [1.29, 1.82) is 0 Å². The highest BCUT2D eigenvalue weighted by molar-refractivity contribution is 7.99. The number of ether oxygens (including phenoxy) is 3. The molecule has 0 saturated heterocycles. The average Bonchev–Trinajstić information content (AvgIpc) is 3.22. The maximum Gasteiger partial charge on any atom is 0.209 e. The minimum Gasteiger partial charge on any atom is -0.493 e. The highest BCUT2D eigenvalue weighted by Crippen LogP contribution is 2.41. The minimum atomic E-state index is -0.0255. The van der Waals surface area contributed by atoms with Gasteiger partial charge in [0.2, 0.25) is 10.9 Å². The van der Waals surface area contributed by atoms with Gasteiger partial charge in [-0.1, -0.05) is 23.4 Å². The zero-order valence-electron chi connectivity index (χ0n) is 16.2. The topological polar surface area (TPSA) is 86.3 Å². The fraction of sp³-hybridized carbons (Fsp3) is 0.250. The number of carbonyl (C=O) groups is 1. The maximum atomic E-state index is 12.3. The summed E-state index contributed by atoms with van der Waals surface area (Å²) >= 11 is 7.11. The molecule has 3 rings (SSSR count). The number of H-pyrrole nitrogens is 1. The minimum absolute atomic E-state index is 0.0255. The van der Waals surface area contributed by atoms with E-state index in [9.17, 15) is 4.79 Å². The second kappa shape index (κ2) is 9.67. The van der Waals surface area contributed by atoms with Gasteiger partial charge < -0.3 is 14.2 Å². The van der Waals surface area contributed by atoms with Crippen LogP contribution >= 0.6 is 23.4 Å². The highest BCUT2D eigenvalue weighted by Gasteiger charge is 2.17. The van der Waals surface area contributed by atoms with E-state index in [0.29, 0.717) is 45.4 Å². The molecule has 0 unspecified atom stereocenters. The third-order valence-electron chi connectivity index (χ3n) is 3.99. The van der Waals surface area contributed by atoms with Crippen molar-refractivity contribution in [3.8, 4) is 28.6 Å². The van der Waals surface area contributed by atoms with Gasteiger partial charge >= 0.3 is 0 Å². The van der Waals surface area contributed by atoms with Crippen molar-refractivity contribution in [3.63, 3.8) is 0 Å². The molecule has 152 valence electrons. The fourth-order valence-corrected chi connectivity index (χ4v) is 3.41. The molecule has 0 saturated carbocycles. The van der Waals surface area contributed by atoms with Crippen LogP contribution < -0.4 is 14.2 Å². The molecule has 1 N–H and O–H groups in total. The van der Waals surface area contributed by atoms with Crippen molar-refractivity contribution in [2.45, 2.75) is 12.1 Å². The molecule has 29 heavy (non-hydrogen) atoms. The molecule has 0 atom stereocenters. The second-order valence-electron chi connectivity index (χ2n) is 5.83. The lowest BCUT2D eigenvalue weighted by Gasteiger charge is -2.14. The van der Waals surface area contributed by atoms with Crippen LogP contribution in [0.25, 0.3) is 11.4 Å². The summed E-state index contributed by atoms with van der Waals surface area (Å²) < 4.78 is 16.5. The van der Waals surface area contributed by atoms with Gasteiger partial charge in [0.1, 0.15) is 0 Å². The molecule has 3 aromatic rings. The molecule has 0 aliphatic heterocycles. The predicted molar refractivity (Wildman–Crippen MR) is 113 cm³/mol. The van der Waals surface area contributed by atoms with Crippen molar-refractivity contribution >= 4 is 29.1 Å². The van der Waals surface area contributed by atoms with Gasteiger partial charge in [-0.25, -0.2) is 4.98 Å². The lowest BCUT2D eigenvalue weighted by atomic mass is 10.1. The Balaban J connectivity index is 1.75. The fourth-order valence-electron chi connectivity index (χ4n) is 2.59. The number of carbonyl (C=O) groups excluding carboxylic acids is 1. The lowest BCUT2D eigenvalue weighted by Crippen LogP contribution is -2.02. The summed E-state index contributed by atoms with van der Waals surface area (Å²) in [5.41, 5.74) is 1.32. The lowest BCUT2D eigenvalue weighted by molar-refractivity contribution is 0.102. The summed E-state index contributed by atoms with van der Waals surface area (Å²) in [6.45, 7) is 2.37. The normalized spacial score (nSPS) is 10.6. The van der Waals surface area contributed by atoms with Gasteiger partial charge in [0.15, 0.2) is 23.1 Å². The van der Waals surface area contributed by atoms with Gasteiger partial charge in [0.25, 0.3) is 0 Å². The molecule has 0 aliphatic rings. The van der Waals surface area contributed by atoms with Crippen molar-refractivity contribution in [3.05, 3.63) is 47.0 Å². The van der Waals surface area contributed by atoms with Crippen molar-refractivity contribution < 1.29 is 19.0 Å². The molecular weight excluding hydrogens is 414 g/mol. The Kier molecular flexibility index (Phi) is 7.00. The van der Waals surface area contributed by atoms with Crippen LogP contribution in [0.5, 0.6) is 17.2 Å². The first-order valence-electron chi connectivity index (χ1n) is 8.78. The van der Waals surface area contributed by atoms with Crippen LogP contribution in [0.15, 0.2) is 41.6 Å². The number of aromatic amines is 1. The Hall–Kier alpha value is -2.71. The number of nitrogens with zero attached hydrogens (tertiary/aromatic N) is 2. The van der Waals surface area contributed by atoms with Crippen LogP contribution in [0.3, 0.4) is 0 Å². The number of thioether (sulfide) groups is 1. The number of Topliss-reactive ketones (excluding diaryl/α,β-unsaturated/α-hetero) is 1. The van der Waals surface area contributed by atoms with Gasteiger partial charge in [0, 0.05) is 16.1 Å². The number of benzene rings is 2. The van der Waals surface area contributed by atoms with E-state index in [1.54, 1.807) is 50.6 Å². The highest BCUT2D eigenvalue weighted by atomic mass is 35.5. The molecule has 7 nitrogen and oxygen atoms in total. The number of hydrogen-bond donors (Lipinski definition) is 1. The first-order chi connectivity index (χ1) is 14.0. The Morgan fingerprint density at radius 2 is 1.79 bits per heavy atom. The second-order valence-corrected chi connectivity index (χ2v) is 7.21. The van der Waals surface area contributed by atoms with E-state index >= 15 is 0 Å². The van der Waals surface area contributed by atoms with Crippen LogP contribution in [-0.2, 0) is 0 Å². The molecular formula is C20H20ClN3O4S. The molecule has 1 heterocycles. The van der Waals surface area contributed by atoms with Crippen LogP contribution in [0.2, 0.25) is 5.02 Å². The largest absolute Gasteiger partial charge is 0.493 e. The van der Waals surface area contributed by atoms with Gasteiger partial charge in [-0.05, 0) is 43.3 Å². The van der Waals surface area contributed by atoms with E-state index < -0.39 is 0 Å². The van der Waals surface area contributed by atoms with Crippen molar-refractivity contribution in [2.24, 2.45) is 0 Å². The summed E-state index contributed by atoms with van der Waals surface area (Å²) in [6.07, 6.45) is 0. The quantitative estimate of drug-likeness (QED) is 0.392. The third-order valence-corrected chi connectivity index (χ3v) is 5.09. The molecule has 0 spiro atoms. The third kappa shape index (κ3) is 5.02. The SMILES string of the molecule is CCOc1c(OC)cc(-c2nc(SCC(=O)c3ccc(Cl)cc3)n[nH]2)cc1OC. The van der Waals surface area contributed by atoms with Gasteiger partial charge in [-0.3, -0.25) is 9.89 Å². The van der Waals surface area contributed by atoms with E-state index in [4.69, 9.17) is 25.8 Å². The van der Waals surface area contributed by atoms with Gasteiger partial charge in [-0.15, -0.1) is 5.10 Å². The molecule has 0 bridgehead atoms. The van der Waals surface area contributed by atoms with E-state index in [1.807, 2.05) is 6.92 Å². The molecule has 0 radical (unpaired) electrons. The zero-order valence-corrected chi connectivity index (χ0v) is 17.8. The predicted octanol–water partition coefficient (Wildman–Crippen LogP) is 4.52. The standard InChI is InChI=1S/C20H20ClN3O4S/c1-4-28-18-16(26-2)9-13(10-17(18)27-3)19-22-20(24-23-19)29-11-15(25)12-5-7-14(21)8-6-12/h5-10H,4,11H2,1-3H3,(H,22,23,24). The van der Waals surface area contributed by atoms with Gasteiger partial charge in [0.05, 0.1) is 26.6 Å². The summed E-state index contributed by atoms with van der Waals surface area (Å²) in [5.74, 6) is 2.32. The van der Waals surface area contributed by atoms with E-state index in [2.05, 4.69) is 15.2 Å². The summed E-state index contributed by atoms with van der Waals surface area (Å²) in [7, 11) is 3.12. The zero-order chi connectivity index (χ0) is 20.8. The molecule has 0 aliphatic carbocycles. The molecule has 0 fully saturated rings. The molecule has 1 aromatic heterocycles. The summed E-state index contributed by atoms with van der Waals surface area (Å²) in [5, 5.41) is 8.13. The number of hydrogen-bond acceptors (Lipinski definition) is 7. The maximum absolute atomic E-state index is 12.3. The Bertz CT molecular complexity index is 967. The number of ketones is 1. The van der Waals surface area contributed by atoms with E-state index in [-0.39, 0.29) is 11.5 Å². The summed E-state index contributed by atoms with van der Waals surface area (Å²) in [4.78, 5) is 16.8. The Morgan fingerprint density at radius 1 is 1.14 bits per heavy atom. The van der Waals surface area contributed by atoms with E-state index in [0.717, 1.165) is 5.56 Å². The number of methoxy groups -OCH3 is 2. The van der Waals surface area contributed by atoms with Crippen molar-refractivity contribution in [2.75, 3.05) is 26.6 Å². The van der Waals surface area contributed by atoms with E-state index in [1.165, 1.54) is 11.8 Å². The van der Waals surface area contributed by atoms with Crippen LogP contribution in [0, 0.1) is 0 Å². The number of aromatic nitrogens is 3. The molecule has 0 amide bonds.